The minimum atomic E-state index is 0.170. The summed E-state index contributed by atoms with van der Waals surface area (Å²) in [6, 6.07) is 0. The standard InChI is InChI=1S/C12H19N3O2/c1-10-13-12(9-17-10)8-14-4-3-5-15(7-6-14)11(2)16/h9H,3-8H2,1-2H3. The van der Waals surface area contributed by atoms with Crippen molar-refractivity contribution in [1.29, 1.82) is 0 Å². The van der Waals surface area contributed by atoms with E-state index in [0.717, 1.165) is 44.8 Å². The molecule has 0 aliphatic carbocycles. The molecule has 94 valence electrons. The summed E-state index contributed by atoms with van der Waals surface area (Å²) < 4.78 is 5.19. The fourth-order valence-electron chi connectivity index (χ4n) is 2.15. The Labute approximate surface area is 101 Å². The molecule has 1 fully saturated rings. The number of rotatable bonds is 2. The lowest BCUT2D eigenvalue weighted by Gasteiger charge is -2.19. The molecule has 0 spiro atoms. The smallest absolute Gasteiger partial charge is 0.219 e. The van der Waals surface area contributed by atoms with Gasteiger partial charge in [-0.25, -0.2) is 4.98 Å². The summed E-state index contributed by atoms with van der Waals surface area (Å²) in [6.45, 7) is 7.89. The van der Waals surface area contributed by atoms with E-state index >= 15 is 0 Å². The molecule has 1 aliphatic rings. The van der Waals surface area contributed by atoms with Crippen LogP contribution in [0.2, 0.25) is 0 Å². The molecule has 2 rings (SSSR count). The summed E-state index contributed by atoms with van der Waals surface area (Å²) in [4.78, 5) is 19.8. The van der Waals surface area contributed by atoms with Crippen molar-refractivity contribution in [3.05, 3.63) is 17.8 Å². The van der Waals surface area contributed by atoms with Gasteiger partial charge in [0, 0.05) is 46.6 Å². The molecular weight excluding hydrogens is 218 g/mol. The summed E-state index contributed by atoms with van der Waals surface area (Å²) in [5, 5.41) is 0. The first-order valence-electron chi connectivity index (χ1n) is 6.04. The third-order valence-corrected chi connectivity index (χ3v) is 3.09. The highest BCUT2D eigenvalue weighted by atomic mass is 16.3. The molecule has 0 aromatic carbocycles. The van der Waals surface area contributed by atoms with Gasteiger partial charge in [-0.2, -0.15) is 0 Å². The van der Waals surface area contributed by atoms with E-state index in [-0.39, 0.29) is 5.91 Å². The summed E-state index contributed by atoms with van der Waals surface area (Å²) >= 11 is 0. The molecule has 0 atom stereocenters. The fraction of sp³-hybridized carbons (Fsp3) is 0.667. The van der Waals surface area contributed by atoms with Gasteiger partial charge in [0.05, 0.1) is 5.69 Å². The largest absolute Gasteiger partial charge is 0.449 e. The molecule has 1 aromatic heterocycles. The topological polar surface area (TPSA) is 49.6 Å². The third-order valence-electron chi connectivity index (χ3n) is 3.09. The lowest BCUT2D eigenvalue weighted by atomic mass is 10.3. The second-order valence-corrected chi connectivity index (χ2v) is 4.49. The van der Waals surface area contributed by atoms with Gasteiger partial charge in [0.15, 0.2) is 5.89 Å². The van der Waals surface area contributed by atoms with Gasteiger partial charge in [-0.3, -0.25) is 9.69 Å². The van der Waals surface area contributed by atoms with E-state index in [9.17, 15) is 4.79 Å². The first-order chi connectivity index (χ1) is 8.15. The van der Waals surface area contributed by atoms with Crippen LogP contribution < -0.4 is 0 Å². The minimum absolute atomic E-state index is 0.170. The number of hydrogen-bond acceptors (Lipinski definition) is 4. The number of oxazole rings is 1. The van der Waals surface area contributed by atoms with Crippen LogP contribution in [-0.2, 0) is 11.3 Å². The van der Waals surface area contributed by atoms with E-state index < -0.39 is 0 Å². The van der Waals surface area contributed by atoms with Crippen LogP contribution in [0.25, 0.3) is 0 Å². The Morgan fingerprint density at radius 1 is 1.41 bits per heavy atom. The zero-order chi connectivity index (χ0) is 12.3. The Morgan fingerprint density at radius 2 is 2.24 bits per heavy atom. The van der Waals surface area contributed by atoms with Gasteiger partial charge in [-0.1, -0.05) is 0 Å². The summed E-state index contributed by atoms with van der Waals surface area (Å²) in [5.74, 6) is 0.879. The molecule has 0 N–H and O–H groups in total. The summed E-state index contributed by atoms with van der Waals surface area (Å²) in [6.07, 6.45) is 2.74. The van der Waals surface area contributed by atoms with Gasteiger partial charge in [-0.15, -0.1) is 0 Å². The molecule has 17 heavy (non-hydrogen) atoms. The van der Waals surface area contributed by atoms with Crippen LogP contribution in [0, 0.1) is 6.92 Å². The number of carbonyl (C=O) groups is 1. The van der Waals surface area contributed by atoms with Crippen molar-refractivity contribution >= 4 is 5.91 Å². The molecule has 0 radical (unpaired) electrons. The lowest BCUT2D eigenvalue weighted by molar-refractivity contribution is -0.128. The third kappa shape index (κ3) is 3.30. The minimum Gasteiger partial charge on any atom is -0.449 e. The van der Waals surface area contributed by atoms with Crippen molar-refractivity contribution in [2.45, 2.75) is 26.8 Å². The van der Waals surface area contributed by atoms with E-state index in [1.807, 2.05) is 11.8 Å². The number of nitrogens with zero attached hydrogens (tertiary/aromatic N) is 3. The molecule has 5 nitrogen and oxygen atoms in total. The molecule has 1 aromatic rings. The summed E-state index contributed by atoms with van der Waals surface area (Å²) in [7, 11) is 0. The zero-order valence-corrected chi connectivity index (χ0v) is 10.5. The Morgan fingerprint density at radius 3 is 2.88 bits per heavy atom. The van der Waals surface area contributed by atoms with Gasteiger partial charge in [-0.05, 0) is 6.42 Å². The van der Waals surface area contributed by atoms with Crippen molar-refractivity contribution in [2.24, 2.45) is 0 Å². The van der Waals surface area contributed by atoms with Crippen molar-refractivity contribution in [3.8, 4) is 0 Å². The van der Waals surface area contributed by atoms with Crippen molar-refractivity contribution < 1.29 is 9.21 Å². The molecule has 2 heterocycles. The molecule has 1 amide bonds. The van der Waals surface area contributed by atoms with Crippen LogP contribution in [0.4, 0.5) is 0 Å². The molecular formula is C12H19N3O2. The Hall–Kier alpha value is -1.36. The van der Waals surface area contributed by atoms with Gasteiger partial charge in [0.1, 0.15) is 6.26 Å². The van der Waals surface area contributed by atoms with Crippen LogP contribution in [0.5, 0.6) is 0 Å². The van der Waals surface area contributed by atoms with E-state index in [1.54, 1.807) is 13.2 Å². The maximum absolute atomic E-state index is 11.3. The number of hydrogen-bond donors (Lipinski definition) is 0. The van der Waals surface area contributed by atoms with Gasteiger partial charge < -0.3 is 9.32 Å². The molecule has 0 bridgehead atoms. The average Bonchev–Trinajstić information content (AvgIpc) is 2.54. The average molecular weight is 237 g/mol. The quantitative estimate of drug-likeness (QED) is 0.771. The number of aryl methyl sites for hydroxylation is 1. The van der Waals surface area contributed by atoms with Gasteiger partial charge >= 0.3 is 0 Å². The predicted octanol–water partition coefficient (Wildman–Crippen LogP) is 1.04. The normalized spacial score (nSPS) is 18.1. The van der Waals surface area contributed by atoms with Crippen molar-refractivity contribution in [2.75, 3.05) is 26.2 Å². The maximum atomic E-state index is 11.3. The zero-order valence-electron chi connectivity index (χ0n) is 10.5. The Kier molecular flexibility index (Phi) is 3.78. The van der Waals surface area contributed by atoms with Crippen molar-refractivity contribution in [3.63, 3.8) is 0 Å². The van der Waals surface area contributed by atoms with Crippen LogP contribution >= 0.6 is 0 Å². The molecule has 1 aliphatic heterocycles. The Bertz CT molecular complexity index is 389. The molecule has 0 saturated carbocycles. The summed E-state index contributed by atoms with van der Waals surface area (Å²) in [5.41, 5.74) is 0.971. The molecule has 5 heteroatoms. The highest BCUT2D eigenvalue weighted by molar-refractivity contribution is 5.73. The highest BCUT2D eigenvalue weighted by Crippen LogP contribution is 2.09. The van der Waals surface area contributed by atoms with Gasteiger partial charge in [0.25, 0.3) is 0 Å². The highest BCUT2D eigenvalue weighted by Gasteiger charge is 2.17. The van der Waals surface area contributed by atoms with Crippen LogP contribution in [-0.4, -0.2) is 46.9 Å². The van der Waals surface area contributed by atoms with E-state index in [2.05, 4.69) is 9.88 Å². The van der Waals surface area contributed by atoms with Gasteiger partial charge in [0.2, 0.25) is 5.91 Å². The van der Waals surface area contributed by atoms with Crippen LogP contribution in [0.1, 0.15) is 24.9 Å². The van der Waals surface area contributed by atoms with Crippen molar-refractivity contribution in [1.82, 2.24) is 14.8 Å². The van der Waals surface area contributed by atoms with E-state index in [1.165, 1.54) is 0 Å². The van der Waals surface area contributed by atoms with Crippen LogP contribution in [0.3, 0.4) is 0 Å². The van der Waals surface area contributed by atoms with Crippen LogP contribution in [0.15, 0.2) is 10.7 Å². The number of aromatic nitrogens is 1. The first-order valence-corrected chi connectivity index (χ1v) is 6.04. The molecule has 1 saturated heterocycles. The Balaban J connectivity index is 1.88. The second kappa shape index (κ2) is 5.31. The second-order valence-electron chi connectivity index (χ2n) is 4.49. The predicted molar refractivity (Wildman–Crippen MR) is 63.4 cm³/mol. The number of amides is 1. The number of carbonyl (C=O) groups excluding carboxylic acids is 1. The molecule has 0 unspecified atom stereocenters. The lowest BCUT2D eigenvalue weighted by Crippen LogP contribution is -2.33. The maximum Gasteiger partial charge on any atom is 0.219 e. The SMILES string of the molecule is CC(=O)N1CCCN(Cc2coc(C)n2)CC1. The fourth-order valence-corrected chi connectivity index (χ4v) is 2.15. The monoisotopic (exact) mass is 237 g/mol. The van der Waals surface area contributed by atoms with E-state index in [0.29, 0.717) is 5.89 Å². The van der Waals surface area contributed by atoms with E-state index in [4.69, 9.17) is 4.42 Å². The first kappa shape index (κ1) is 12.1.